The fourth-order valence-electron chi connectivity index (χ4n) is 1.98. The third kappa shape index (κ3) is 3.55. The second kappa shape index (κ2) is 6.81. The lowest BCUT2D eigenvalue weighted by molar-refractivity contribution is 0.143. The summed E-state index contributed by atoms with van der Waals surface area (Å²) in [6.07, 6.45) is 0. The van der Waals surface area contributed by atoms with E-state index in [1.165, 1.54) is 15.6 Å². The molecular weight excluding hydrogens is 284 g/mol. The number of sulfonamides is 1. The monoisotopic (exact) mass is 306 g/mol. The van der Waals surface area contributed by atoms with Gasteiger partial charge in [0.2, 0.25) is 0 Å². The van der Waals surface area contributed by atoms with E-state index in [9.17, 15) is 8.42 Å². The molecule has 0 aliphatic heterocycles. The Labute approximate surface area is 119 Å². The molecule has 0 aliphatic carbocycles. The summed E-state index contributed by atoms with van der Waals surface area (Å²) in [7, 11) is -1.90. The van der Waals surface area contributed by atoms with Gasteiger partial charge in [0.1, 0.15) is 4.21 Å². The number of aryl methyl sites for hydroxylation is 1. The van der Waals surface area contributed by atoms with Crippen LogP contribution in [0.4, 0.5) is 0 Å². The molecule has 110 valence electrons. The van der Waals surface area contributed by atoms with Gasteiger partial charge >= 0.3 is 0 Å². The predicted molar refractivity (Wildman–Crippen MR) is 77.9 cm³/mol. The van der Waals surface area contributed by atoms with Crippen LogP contribution >= 0.6 is 11.3 Å². The molecule has 1 unspecified atom stereocenters. The molecule has 1 aromatic rings. The fraction of sp³-hybridized carbons (Fsp3) is 0.667. The lowest BCUT2D eigenvalue weighted by Crippen LogP contribution is -2.40. The molecule has 0 aliphatic rings. The molecule has 1 aromatic heterocycles. The largest absolute Gasteiger partial charge is 0.383 e. The summed E-state index contributed by atoms with van der Waals surface area (Å²) in [5, 5.41) is 0. The zero-order chi connectivity index (χ0) is 14.6. The molecule has 0 spiro atoms. The summed E-state index contributed by atoms with van der Waals surface area (Å²) in [4.78, 5) is 0.911. The highest BCUT2D eigenvalue weighted by Gasteiger charge is 2.29. The van der Waals surface area contributed by atoms with Gasteiger partial charge in [0.15, 0.2) is 0 Å². The molecule has 0 radical (unpaired) electrons. The first kappa shape index (κ1) is 16.6. The molecule has 0 bridgehead atoms. The zero-order valence-corrected chi connectivity index (χ0v) is 13.5. The van der Waals surface area contributed by atoms with E-state index in [0.29, 0.717) is 23.9 Å². The Morgan fingerprint density at radius 1 is 1.53 bits per heavy atom. The standard InChI is InChI=1S/C12H22N2O3S2/c1-5-14(10(3)8-17-4)19(15,16)12-6-9(2)11(7-13)18-12/h6,10H,5,7-8,13H2,1-4H3. The molecule has 1 rings (SSSR count). The number of nitrogens with two attached hydrogens (primary N) is 1. The minimum atomic E-state index is -3.47. The molecule has 7 heteroatoms. The average molecular weight is 306 g/mol. The highest BCUT2D eigenvalue weighted by molar-refractivity contribution is 7.91. The van der Waals surface area contributed by atoms with Crippen LogP contribution in [-0.4, -0.2) is 39.0 Å². The third-order valence-electron chi connectivity index (χ3n) is 2.96. The number of hydrogen-bond acceptors (Lipinski definition) is 5. The number of hydrogen-bond donors (Lipinski definition) is 1. The van der Waals surface area contributed by atoms with E-state index < -0.39 is 10.0 Å². The minimum absolute atomic E-state index is 0.191. The van der Waals surface area contributed by atoms with E-state index in [4.69, 9.17) is 10.5 Å². The van der Waals surface area contributed by atoms with Gasteiger partial charge < -0.3 is 10.5 Å². The Morgan fingerprint density at radius 3 is 2.58 bits per heavy atom. The van der Waals surface area contributed by atoms with Crippen molar-refractivity contribution in [2.45, 2.75) is 37.6 Å². The van der Waals surface area contributed by atoms with Gasteiger partial charge in [-0.2, -0.15) is 4.31 Å². The summed E-state index contributed by atoms with van der Waals surface area (Å²) < 4.78 is 32.1. The third-order valence-corrected chi connectivity index (χ3v) is 6.76. The van der Waals surface area contributed by atoms with Gasteiger partial charge in [-0.3, -0.25) is 0 Å². The minimum Gasteiger partial charge on any atom is -0.383 e. The van der Waals surface area contributed by atoms with Crippen molar-refractivity contribution in [2.24, 2.45) is 5.73 Å². The molecule has 0 aromatic carbocycles. The Morgan fingerprint density at radius 2 is 2.16 bits per heavy atom. The van der Waals surface area contributed by atoms with Crippen molar-refractivity contribution in [3.8, 4) is 0 Å². The van der Waals surface area contributed by atoms with Crippen molar-refractivity contribution < 1.29 is 13.2 Å². The molecule has 1 heterocycles. The number of ether oxygens (including phenoxy) is 1. The van der Waals surface area contributed by atoms with E-state index in [0.717, 1.165) is 10.4 Å². The van der Waals surface area contributed by atoms with Crippen LogP contribution in [0.3, 0.4) is 0 Å². The lowest BCUT2D eigenvalue weighted by Gasteiger charge is -2.25. The highest BCUT2D eigenvalue weighted by atomic mass is 32.2. The van der Waals surface area contributed by atoms with Gasteiger partial charge in [0.25, 0.3) is 10.0 Å². The molecule has 0 amide bonds. The summed E-state index contributed by atoms with van der Waals surface area (Å²) in [5.41, 5.74) is 6.54. The quantitative estimate of drug-likeness (QED) is 0.830. The maximum Gasteiger partial charge on any atom is 0.252 e. The van der Waals surface area contributed by atoms with Crippen LogP contribution in [0.2, 0.25) is 0 Å². The molecule has 1 atom stereocenters. The van der Waals surface area contributed by atoms with Crippen molar-refractivity contribution in [1.82, 2.24) is 4.31 Å². The lowest BCUT2D eigenvalue weighted by atomic mass is 10.3. The summed E-state index contributed by atoms with van der Waals surface area (Å²) in [6, 6.07) is 1.51. The zero-order valence-electron chi connectivity index (χ0n) is 11.8. The molecule has 19 heavy (non-hydrogen) atoms. The van der Waals surface area contributed by atoms with E-state index in [2.05, 4.69) is 0 Å². The van der Waals surface area contributed by atoms with Gasteiger partial charge in [-0.05, 0) is 25.5 Å². The van der Waals surface area contributed by atoms with Gasteiger partial charge in [0, 0.05) is 31.1 Å². The van der Waals surface area contributed by atoms with Gasteiger partial charge in [-0.15, -0.1) is 11.3 Å². The van der Waals surface area contributed by atoms with Crippen molar-refractivity contribution in [2.75, 3.05) is 20.3 Å². The second-order valence-corrected chi connectivity index (χ2v) is 7.64. The highest BCUT2D eigenvalue weighted by Crippen LogP contribution is 2.29. The molecular formula is C12H22N2O3S2. The molecule has 0 saturated carbocycles. The second-order valence-electron chi connectivity index (χ2n) is 4.39. The number of thiophene rings is 1. The Hall–Kier alpha value is -0.470. The van der Waals surface area contributed by atoms with Crippen LogP contribution in [0, 0.1) is 6.92 Å². The van der Waals surface area contributed by atoms with E-state index in [1.54, 1.807) is 13.2 Å². The topological polar surface area (TPSA) is 72.6 Å². The first-order valence-electron chi connectivity index (χ1n) is 6.18. The Balaban J connectivity index is 3.12. The van der Waals surface area contributed by atoms with Crippen LogP contribution in [0.15, 0.2) is 10.3 Å². The molecule has 5 nitrogen and oxygen atoms in total. The van der Waals surface area contributed by atoms with Crippen molar-refractivity contribution in [3.05, 3.63) is 16.5 Å². The number of rotatable bonds is 7. The van der Waals surface area contributed by atoms with E-state index >= 15 is 0 Å². The average Bonchev–Trinajstić information content (AvgIpc) is 2.72. The number of methoxy groups -OCH3 is 1. The summed E-state index contributed by atoms with van der Waals surface area (Å²) in [5.74, 6) is 0. The smallest absolute Gasteiger partial charge is 0.252 e. The Bertz CT molecular complexity index is 511. The van der Waals surface area contributed by atoms with E-state index in [1.807, 2.05) is 20.8 Å². The maximum absolute atomic E-state index is 12.6. The van der Waals surface area contributed by atoms with Crippen LogP contribution in [0.25, 0.3) is 0 Å². The van der Waals surface area contributed by atoms with Gasteiger partial charge in [0.05, 0.1) is 6.61 Å². The molecule has 2 N–H and O–H groups in total. The van der Waals surface area contributed by atoms with Crippen molar-refractivity contribution in [3.63, 3.8) is 0 Å². The van der Waals surface area contributed by atoms with Gasteiger partial charge in [-0.25, -0.2) is 8.42 Å². The molecule has 0 fully saturated rings. The summed E-state index contributed by atoms with van der Waals surface area (Å²) in [6.45, 7) is 6.71. The first-order chi connectivity index (χ1) is 8.88. The Kier molecular flexibility index (Phi) is 5.94. The van der Waals surface area contributed by atoms with Crippen LogP contribution < -0.4 is 5.73 Å². The van der Waals surface area contributed by atoms with Gasteiger partial charge in [-0.1, -0.05) is 6.92 Å². The first-order valence-corrected chi connectivity index (χ1v) is 8.44. The van der Waals surface area contributed by atoms with Crippen LogP contribution in [0.5, 0.6) is 0 Å². The van der Waals surface area contributed by atoms with Crippen LogP contribution in [0.1, 0.15) is 24.3 Å². The fourth-order valence-corrected chi connectivity index (χ4v) is 5.20. The van der Waals surface area contributed by atoms with Crippen LogP contribution in [-0.2, 0) is 21.3 Å². The van der Waals surface area contributed by atoms with Crippen molar-refractivity contribution in [1.29, 1.82) is 0 Å². The normalized spacial score (nSPS) is 14.0. The van der Waals surface area contributed by atoms with E-state index in [-0.39, 0.29) is 6.04 Å². The SMILES string of the molecule is CCN(C(C)COC)S(=O)(=O)c1cc(C)c(CN)s1. The maximum atomic E-state index is 12.6. The number of likely N-dealkylation sites (N-methyl/N-ethyl adjacent to an activating group) is 1. The number of nitrogens with zero attached hydrogens (tertiary/aromatic N) is 1. The predicted octanol–water partition coefficient (Wildman–Crippen LogP) is 1.56. The summed E-state index contributed by atoms with van der Waals surface area (Å²) >= 11 is 1.25. The van der Waals surface area contributed by atoms with Crippen molar-refractivity contribution >= 4 is 21.4 Å². The molecule has 0 saturated heterocycles.